The van der Waals surface area contributed by atoms with Crippen molar-refractivity contribution in [3.8, 4) is 0 Å². The number of carbonyl (C=O) groups is 1. The minimum atomic E-state index is 0.0184. The zero-order chi connectivity index (χ0) is 19.7. The molecule has 1 aromatic carbocycles. The van der Waals surface area contributed by atoms with Crippen LogP contribution in [0.4, 0.5) is 0 Å². The average Bonchev–Trinajstić information content (AvgIpc) is 3.09. The largest absolute Gasteiger partial charge is 0.378 e. The van der Waals surface area contributed by atoms with Gasteiger partial charge in [0.25, 0.3) is 5.78 Å². The third kappa shape index (κ3) is 3.72. The molecular weight excluding hydrogens is 378 g/mol. The third-order valence-corrected chi connectivity index (χ3v) is 5.46. The van der Waals surface area contributed by atoms with E-state index in [9.17, 15) is 4.79 Å². The van der Waals surface area contributed by atoms with Crippen molar-refractivity contribution in [1.29, 1.82) is 0 Å². The van der Waals surface area contributed by atoms with Gasteiger partial charge in [0.2, 0.25) is 5.91 Å². The van der Waals surface area contributed by atoms with Crippen molar-refractivity contribution < 1.29 is 9.53 Å². The fourth-order valence-electron chi connectivity index (χ4n) is 3.47. The van der Waals surface area contributed by atoms with Crippen LogP contribution in [0.2, 0.25) is 5.02 Å². The van der Waals surface area contributed by atoms with Gasteiger partial charge < -0.3 is 9.64 Å². The summed E-state index contributed by atoms with van der Waals surface area (Å²) in [6.45, 7) is 6.35. The summed E-state index contributed by atoms with van der Waals surface area (Å²) >= 11 is 6.33. The van der Waals surface area contributed by atoms with Crippen LogP contribution in [0.1, 0.15) is 28.3 Å². The van der Waals surface area contributed by atoms with Gasteiger partial charge in [0, 0.05) is 35.9 Å². The molecule has 3 heterocycles. The third-order valence-electron chi connectivity index (χ3n) is 5.09. The summed E-state index contributed by atoms with van der Waals surface area (Å²) in [6, 6.07) is 7.79. The number of amides is 1. The van der Waals surface area contributed by atoms with Gasteiger partial charge in [0.05, 0.1) is 19.6 Å². The van der Waals surface area contributed by atoms with E-state index in [0.29, 0.717) is 44.3 Å². The van der Waals surface area contributed by atoms with Gasteiger partial charge >= 0.3 is 0 Å². The number of hydrogen-bond acceptors (Lipinski definition) is 5. The first-order valence-corrected chi connectivity index (χ1v) is 9.71. The van der Waals surface area contributed by atoms with Crippen molar-refractivity contribution in [3.05, 3.63) is 57.6 Å². The number of aromatic nitrogens is 4. The lowest BCUT2D eigenvalue weighted by Crippen LogP contribution is -2.41. The Kier molecular flexibility index (Phi) is 5.28. The van der Waals surface area contributed by atoms with Crippen LogP contribution in [-0.2, 0) is 22.4 Å². The van der Waals surface area contributed by atoms with E-state index in [2.05, 4.69) is 15.1 Å². The molecule has 1 saturated heterocycles. The van der Waals surface area contributed by atoms with Gasteiger partial charge in [-0.3, -0.25) is 4.79 Å². The van der Waals surface area contributed by atoms with Crippen LogP contribution in [0.25, 0.3) is 5.78 Å². The maximum Gasteiger partial charge on any atom is 0.252 e. The molecule has 8 heteroatoms. The van der Waals surface area contributed by atoms with Crippen molar-refractivity contribution >= 4 is 23.3 Å². The predicted octanol–water partition coefficient (Wildman–Crippen LogP) is 2.39. The molecule has 1 aliphatic rings. The van der Waals surface area contributed by atoms with Crippen molar-refractivity contribution in [3.63, 3.8) is 0 Å². The normalized spacial score (nSPS) is 14.6. The molecule has 7 nitrogen and oxygen atoms in total. The molecule has 1 aliphatic heterocycles. The van der Waals surface area contributed by atoms with Gasteiger partial charge in [0.15, 0.2) is 5.82 Å². The van der Waals surface area contributed by atoms with Crippen LogP contribution in [0.15, 0.2) is 24.3 Å². The first-order valence-electron chi connectivity index (χ1n) is 9.33. The van der Waals surface area contributed by atoms with Crippen molar-refractivity contribution in [2.45, 2.75) is 26.7 Å². The molecule has 0 unspecified atom stereocenters. The standard InChI is InChI=1S/C20H22ClN5O2/c1-13-16(11-15-5-3-4-6-17(15)21)14(2)26-20(22-13)23-18(24-26)12-19(27)25-7-9-28-10-8-25/h3-6H,7-12H2,1-2H3. The molecule has 0 radical (unpaired) electrons. The predicted molar refractivity (Wildman–Crippen MR) is 106 cm³/mol. The highest BCUT2D eigenvalue weighted by atomic mass is 35.5. The highest BCUT2D eigenvalue weighted by molar-refractivity contribution is 6.31. The summed E-state index contributed by atoms with van der Waals surface area (Å²) in [5.41, 5.74) is 3.96. The van der Waals surface area contributed by atoms with E-state index in [4.69, 9.17) is 16.3 Å². The summed E-state index contributed by atoms with van der Waals surface area (Å²) in [6.07, 6.45) is 0.837. The fraction of sp³-hybridized carbons (Fsp3) is 0.400. The van der Waals surface area contributed by atoms with E-state index in [-0.39, 0.29) is 12.3 Å². The second kappa shape index (κ2) is 7.85. The highest BCUT2D eigenvalue weighted by Gasteiger charge is 2.20. The number of aryl methyl sites for hydroxylation is 2. The molecule has 0 saturated carbocycles. The van der Waals surface area contributed by atoms with Crippen LogP contribution in [0.3, 0.4) is 0 Å². The number of benzene rings is 1. The molecule has 4 rings (SSSR count). The van der Waals surface area contributed by atoms with E-state index in [1.165, 1.54) is 0 Å². The maximum absolute atomic E-state index is 12.5. The molecule has 3 aromatic rings. The Morgan fingerprint density at radius 1 is 1.18 bits per heavy atom. The Labute approximate surface area is 168 Å². The number of nitrogens with zero attached hydrogens (tertiary/aromatic N) is 5. The van der Waals surface area contributed by atoms with E-state index < -0.39 is 0 Å². The van der Waals surface area contributed by atoms with Gasteiger partial charge in [-0.1, -0.05) is 29.8 Å². The Morgan fingerprint density at radius 2 is 1.93 bits per heavy atom. The second-order valence-electron chi connectivity index (χ2n) is 6.94. The lowest BCUT2D eigenvalue weighted by atomic mass is 10.0. The molecule has 1 fully saturated rings. The molecule has 1 amide bonds. The van der Waals surface area contributed by atoms with Gasteiger partial charge in [-0.25, -0.2) is 9.50 Å². The lowest BCUT2D eigenvalue weighted by molar-refractivity contribution is -0.134. The second-order valence-corrected chi connectivity index (χ2v) is 7.35. The number of hydrogen-bond donors (Lipinski definition) is 0. The number of ether oxygens (including phenoxy) is 1. The minimum absolute atomic E-state index is 0.0184. The van der Waals surface area contributed by atoms with E-state index >= 15 is 0 Å². The molecule has 0 N–H and O–H groups in total. The van der Waals surface area contributed by atoms with Crippen molar-refractivity contribution in [2.24, 2.45) is 0 Å². The van der Waals surface area contributed by atoms with E-state index in [1.807, 2.05) is 38.1 Å². The zero-order valence-electron chi connectivity index (χ0n) is 16.0. The first-order chi connectivity index (χ1) is 13.5. The average molecular weight is 400 g/mol. The topological polar surface area (TPSA) is 72.6 Å². The summed E-state index contributed by atoms with van der Waals surface area (Å²) < 4.78 is 7.02. The molecule has 0 spiro atoms. The molecule has 28 heavy (non-hydrogen) atoms. The summed E-state index contributed by atoms with van der Waals surface area (Å²) in [4.78, 5) is 23.4. The number of carbonyl (C=O) groups excluding carboxylic acids is 1. The Hall–Kier alpha value is -2.51. The lowest BCUT2D eigenvalue weighted by Gasteiger charge is -2.26. The quantitative estimate of drug-likeness (QED) is 0.673. The fourth-order valence-corrected chi connectivity index (χ4v) is 3.68. The summed E-state index contributed by atoms with van der Waals surface area (Å²) in [7, 11) is 0. The molecular formula is C20H22ClN5O2. The summed E-state index contributed by atoms with van der Waals surface area (Å²) in [5.74, 6) is 1.02. The van der Waals surface area contributed by atoms with Crippen molar-refractivity contribution in [1.82, 2.24) is 24.5 Å². The van der Waals surface area contributed by atoms with Gasteiger partial charge in [-0.05, 0) is 31.0 Å². The van der Waals surface area contributed by atoms with Gasteiger partial charge in [-0.2, -0.15) is 4.98 Å². The molecule has 0 aliphatic carbocycles. The zero-order valence-corrected chi connectivity index (χ0v) is 16.7. The van der Waals surface area contributed by atoms with Crippen LogP contribution < -0.4 is 0 Å². The molecule has 0 atom stereocenters. The number of fused-ring (bicyclic) bond motifs is 1. The van der Waals surface area contributed by atoms with E-state index in [0.717, 1.165) is 27.5 Å². The van der Waals surface area contributed by atoms with E-state index in [1.54, 1.807) is 9.42 Å². The van der Waals surface area contributed by atoms with Crippen LogP contribution >= 0.6 is 11.6 Å². The maximum atomic E-state index is 12.5. The highest BCUT2D eigenvalue weighted by Crippen LogP contribution is 2.23. The van der Waals surface area contributed by atoms with Crippen molar-refractivity contribution in [2.75, 3.05) is 26.3 Å². The molecule has 2 aromatic heterocycles. The van der Waals surface area contributed by atoms with Gasteiger partial charge in [0.1, 0.15) is 0 Å². The number of halogens is 1. The van der Waals surface area contributed by atoms with Crippen LogP contribution in [-0.4, -0.2) is 56.7 Å². The summed E-state index contributed by atoms with van der Waals surface area (Å²) in [5, 5.41) is 5.28. The SMILES string of the molecule is Cc1nc2nc(CC(=O)N3CCOCC3)nn2c(C)c1Cc1ccccc1Cl. The molecule has 0 bridgehead atoms. The van der Waals surface area contributed by atoms with Gasteiger partial charge in [-0.15, -0.1) is 5.10 Å². The Morgan fingerprint density at radius 3 is 2.68 bits per heavy atom. The Bertz CT molecular complexity index is 1030. The number of rotatable bonds is 4. The Balaban J connectivity index is 1.62. The number of morpholine rings is 1. The smallest absolute Gasteiger partial charge is 0.252 e. The van der Waals surface area contributed by atoms with Crippen LogP contribution in [0.5, 0.6) is 0 Å². The first kappa shape index (κ1) is 18.8. The van der Waals surface area contributed by atoms with Crippen LogP contribution in [0, 0.1) is 13.8 Å². The minimum Gasteiger partial charge on any atom is -0.378 e. The monoisotopic (exact) mass is 399 g/mol. The molecule has 146 valence electrons.